The number of nitrogens with zero attached hydrogens (tertiary/aromatic N) is 1. The molecule has 0 bridgehead atoms. The normalized spacial score (nSPS) is 15.4. The first-order valence-corrected chi connectivity index (χ1v) is 8.14. The maximum atomic E-state index is 13.1. The highest BCUT2D eigenvalue weighted by molar-refractivity contribution is 9.10. The second kappa shape index (κ2) is 4.68. The lowest BCUT2D eigenvalue weighted by molar-refractivity contribution is 0.103. The van der Waals surface area contributed by atoms with E-state index in [1.54, 1.807) is 7.11 Å². The van der Waals surface area contributed by atoms with Crippen molar-refractivity contribution in [1.82, 2.24) is 9.97 Å². The van der Waals surface area contributed by atoms with E-state index in [1.807, 2.05) is 30.3 Å². The van der Waals surface area contributed by atoms with Crippen molar-refractivity contribution >= 4 is 32.7 Å². The van der Waals surface area contributed by atoms with E-state index in [0.29, 0.717) is 0 Å². The van der Waals surface area contributed by atoms with E-state index in [2.05, 4.69) is 39.7 Å². The number of pyridine rings is 1. The van der Waals surface area contributed by atoms with Crippen LogP contribution in [0.4, 0.5) is 0 Å². The van der Waals surface area contributed by atoms with Gasteiger partial charge in [0.2, 0.25) is 0 Å². The van der Waals surface area contributed by atoms with Gasteiger partial charge in [-0.3, -0.25) is 4.79 Å². The summed E-state index contributed by atoms with van der Waals surface area (Å²) in [4.78, 5) is 20.9. The third-order valence-electron chi connectivity index (χ3n) is 4.62. The van der Waals surface area contributed by atoms with E-state index >= 15 is 0 Å². The Labute approximate surface area is 142 Å². The summed E-state index contributed by atoms with van der Waals surface area (Å²) in [5.41, 5.74) is 3.73. The summed E-state index contributed by atoms with van der Waals surface area (Å²) < 4.78 is 6.07. The molecule has 1 aromatic carbocycles. The molecule has 0 fully saturated rings. The number of carbonyl (C=O) groups excluding carboxylic acids is 1. The number of fused-ring (bicyclic) bond motifs is 4. The van der Waals surface area contributed by atoms with Crippen molar-refractivity contribution in [3.05, 3.63) is 57.3 Å². The maximum absolute atomic E-state index is 13.1. The number of benzene rings is 1. The summed E-state index contributed by atoms with van der Waals surface area (Å²) in [6, 6.07) is 9.43. The van der Waals surface area contributed by atoms with Gasteiger partial charge in [-0.05, 0) is 51.8 Å². The van der Waals surface area contributed by atoms with Crippen LogP contribution in [0.3, 0.4) is 0 Å². The molecule has 1 N–H and O–H groups in total. The zero-order valence-corrected chi connectivity index (χ0v) is 14.6. The third kappa shape index (κ3) is 1.89. The van der Waals surface area contributed by atoms with E-state index in [0.717, 1.165) is 43.8 Å². The number of ether oxygens (including phenoxy) is 1. The van der Waals surface area contributed by atoms with E-state index < -0.39 is 0 Å². The van der Waals surface area contributed by atoms with Crippen molar-refractivity contribution < 1.29 is 9.53 Å². The van der Waals surface area contributed by atoms with Crippen LogP contribution < -0.4 is 4.74 Å². The van der Waals surface area contributed by atoms with Crippen LogP contribution in [-0.4, -0.2) is 22.9 Å². The van der Waals surface area contributed by atoms with Gasteiger partial charge in [-0.2, -0.15) is 0 Å². The fourth-order valence-electron chi connectivity index (χ4n) is 3.39. The number of halogens is 1. The van der Waals surface area contributed by atoms with Gasteiger partial charge >= 0.3 is 0 Å². The molecule has 1 aliphatic carbocycles. The molecule has 2 aromatic heterocycles. The quantitative estimate of drug-likeness (QED) is 0.653. The van der Waals surface area contributed by atoms with Gasteiger partial charge in [0.05, 0.1) is 12.7 Å². The molecular weight excluding hydrogens is 356 g/mol. The van der Waals surface area contributed by atoms with Gasteiger partial charge in [0, 0.05) is 22.1 Å². The number of rotatable bonds is 1. The fourth-order valence-corrected chi connectivity index (χ4v) is 3.70. The van der Waals surface area contributed by atoms with E-state index in [1.165, 1.54) is 0 Å². The van der Waals surface area contributed by atoms with Gasteiger partial charge < -0.3 is 9.72 Å². The van der Waals surface area contributed by atoms with Crippen LogP contribution in [0.2, 0.25) is 0 Å². The van der Waals surface area contributed by atoms with Crippen molar-refractivity contribution in [2.75, 3.05) is 7.11 Å². The fraction of sp³-hybridized carbons (Fsp3) is 0.222. The molecule has 0 saturated carbocycles. The average Bonchev–Trinajstić information content (AvgIpc) is 2.92. The Morgan fingerprint density at radius 2 is 2.00 bits per heavy atom. The van der Waals surface area contributed by atoms with Crippen molar-refractivity contribution in [3.63, 3.8) is 0 Å². The Kier molecular flexibility index (Phi) is 2.94. The molecule has 0 aliphatic heterocycles. The maximum Gasteiger partial charge on any atom is 0.195 e. The van der Waals surface area contributed by atoms with Crippen LogP contribution in [0, 0.1) is 0 Å². The van der Waals surface area contributed by atoms with E-state index in [-0.39, 0.29) is 11.2 Å². The number of methoxy groups -OCH3 is 1. The molecule has 0 amide bonds. The first kappa shape index (κ1) is 14.5. The van der Waals surface area contributed by atoms with Crippen LogP contribution in [0.15, 0.2) is 34.9 Å². The number of aromatic amines is 1. The third-order valence-corrected chi connectivity index (χ3v) is 5.06. The number of carbonyl (C=O) groups is 1. The Morgan fingerprint density at radius 3 is 2.74 bits per heavy atom. The molecule has 1 aliphatic rings. The van der Waals surface area contributed by atoms with Crippen molar-refractivity contribution in [2.45, 2.75) is 19.3 Å². The Hall–Kier alpha value is -2.14. The average molecular weight is 371 g/mol. The van der Waals surface area contributed by atoms with Crippen molar-refractivity contribution in [3.8, 4) is 5.75 Å². The van der Waals surface area contributed by atoms with E-state index in [4.69, 9.17) is 4.74 Å². The first-order chi connectivity index (χ1) is 10.9. The van der Waals surface area contributed by atoms with Gasteiger partial charge in [0.15, 0.2) is 5.78 Å². The van der Waals surface area contributed by atoms with Crippen LogP contribution in [0.1, 0.15) is 41.0 Å². The van der Waals surface area contributed by atoms with Gasteiger partial charge in [0.25, 0.3) is 0 Å². The second-order valence-electron chi connectivity index (χ2n) is 6.27. The molecule has 0 spiro atoms. The van der Waals surface area contributed by atoms with Crippen LogP contribution >= 0.6 is 15.9 Å². The number of ketones is 1. The first-order valence-electron chi connectivity index (χ1n) is 7.35. The topological polar surface area (TPSA) is 55.0 Å². The van der Waals surface area contributed by atoms with Gasteiger partial charge in [-0.25, -0.2) is 4.98 Å². The summed E-state index contributed by atoms with van der Waals surface area (Å²) in [6.45, 7) is 4.22. The Balaban J connectivity index is 2.07. The van der Waals surface area contributed by atoms with Crippen LogP contribution in [0.5, 0.6) is 5.75 Å². The molecule has 2 heterocycles. The minimum Gasteiger partial charge on any atom is -0.497 e. The molecule has 3 aromatic rings. The monoisotopic (exact) mass is 370 g/mol. The van der Waals surface area contributed by atoms with Crippen molar-refractivity contribution in [2.24, 2.45) is 0 Å². The zero-order valence-electron chi connectivity index (χ0n) is 13.0. The molecule has 0 unspecified atom stereocenters. The standard InChI is InChI=1S/C18H15BrN2O2/c1-18(2)12-8-9(23-3)4-5-10(12)15(22)14-11-6-7-13(19)20-17(11)21-16(14)18/h4-8H,1-3H3,(H,20,21). The smallest absolute Gasteiger partial charge is 0.195 e. The number of hydrogen-bond acceptors (Lipinski definition) is 3. The molecular formula is C18H15BrN2O2. The van der Waals surface area contributed by atoms with Gasteiger partial charge in [-0.15, -0.1) is 0 Å². The number of aromatic nitrogens is 2. The van der Waals surface area contributed by atoms with Gasteiger partial charge in [0.1, 0.15) is 16.0 Å². The SMILES string of the molecule is COc1ccc2c(c1)C(C)(C)c1[nH]c3nc(Br)ccc3c1C2=O. The number of H-pyrrole nitrogens is 1. The Bertz CT molecular complexity index is 973. The molecule has 5 heteroatoms. The Morgan fingerprint density at radius 1 is 1.22 bits per heavy atom. The lowest BCUT2D eigenvalue weighted by Gasteiger charge is -2.32. The van der Waals surface area contributed by atoms with Crippen LogP contribution in [-0.2, 0) is 5.41 Å². The molecule has 0 atom stereocenters. The van der Waals surface area contributed by atoms with Crippen molar-refractivity contribution in [1.29, 1.82) is 0 Å². The zero-order chi connectivity index (χ0) is 16.4. The minimum absolute atomic E-state index is 0.0346. The lowest BCUT2D eigenvalue weighted by atomic mass is 9.71. The number of nitrogens with one attached hydrogen (secondary N) is 1. The highest BCUT2D eigenvalue weighted by Crippen LogP contribution is 2.44. The molecule has 4 rings (SSSR count). The summed E-state index contributed by atoms with van der Waals surface area (Å²) in [7, 11) is 1.63. The molecule has 0 radical (unpaired) electrons. The van der Waals surface area contributed by atoms with Gasteiger partial charge in [-0.1, -0.05) is 13.8 Å². The summed E-state index contributed by atoms with van der Waals surface area (Å²) in [5.74, 6) is 0.789. The van der Waals surface area contributed by atoms with E-state index in [9.17, 15) is 4.79 Å². The predicted octanol–water partition coefficient (Wildman–Crippen LogP) is 4.20. The number of hydrogen-bond donors (Lipinski definition) is 1. The minimum atomic E-state index is -0.333. The second-order valence-corrected chi connectivity index (χ2v) is 7.08. The highest BCUT2D eigenvalue weighted by atomic mass is 79.9. The lowest BCUT2D eigenvalue weighted by Crippen LogP contribution is -2.30. The highest BCUT2D eigenvalue weighted by Gasteiger charge is 2.40. The summed E-state index contributed by atoms with van der Waals surface area (Å²) >= 11 is 3.38. The molecule has 116 valence electrons. The summed E-state index contributed by atoms with van der Waals surface area (Å²) in [5, 5.41) is 0.864. The van der Waals surface area contributed by atoms with Crippen LogP contribution in [0.25, 0.3) is 11.0 Å². The summed E-state index contributed by atoms with van der Waals surface area (Å²) in [6.07, 6.45) is 0. The largest absolute Gasteiger partial charge is 0.497 e. The predicted molar refractivity (Wildman–Crippen MR) is 92.3 cm³/mol. The molecule has 0 saturated heterocycles. The molecule has 23 heavy (non-hydrogen) atoms. The molecule has 4 nitrogen and oxygen atoms in total.